The number of carbonyl (C=O) groups excluding carboxylic acids is 1. The normalized spacial score (nSPS) is 26.7. The standard InChI is InChI=1S/C24H25N5O/c1-4-24(16-7-5-6-15(10-16)18-8-9-25-14-26-18)17-13-27-29-22(17)28-19-11-23(2,3)12-20(30)21(19)24/h5-10,13-14,22,28H,4,11-12H2,1-3H3/t22?,24-/m0/s1. The molecule has 3 heterocycles. The Morgan fingerprint density at radius 3 is 2.83 bits per heavy atom. The molecular formula is C24H25N5O. The monoisotopic (exact) mass is 399 g/mol. The summed E-state index contributed by atoms with van der Waals surface area (Å²) in [5, 5.41) is 12.2. The number of hydrogen-bond acceptors (Lipinski definition) is 6. The van der Waals surface area contributed by atoms with Crippen molar-refractivity contribution in [3.05, 3.63) is 71.5 Å². The van der Waals surface area contributed by atoms with E-state index in [4.69, 9.17) is 0 Å². The highest BCUT2D eigenvalue weighted by Crippen LogP contribution is 2.53. The molecule has 0 spiro atoms. The molecule has 1 aromatic heterocycles. The highest BCUT2D eigenvalue weighted by atomic mass is 16.1. The van der Waals surface area contributed by atoms with Crippen LogP contribution < -0.4 is 5.32 Å². The van der Waals surface area contributed by atoms with Crippen LogP contribution in [0.4, 0.5) is 0 Å². The van der Waals surface area contributed by atoms with Gasteiger partial charge in [-0.05, 0) is 36.0 Å². The number of carbonyl (C=O) groups is 1. The van der Waals surface area contributed by atoms with E-state index in [0.717, 1.165) is 46.5 Å². The number of nitrogens with one attached hydrogen (secondary N) is 1. The van der Waals surface area contributed by atoms with E-state index in [9.17, 15) is 4.79 Å². The number of fused-ring (bicyclic) bond motifs is 1. The molecule has 0 radical (unpaired) electrons. The summed E-state index contributed by atoms with van der Waals surface area (Å²) in [6.07, 6.45) is 7.08. The molecule has 30 heavy (non-hydrogen) atoms. The van der Waals surface area contributed by atoms with Crippen LogP contribution in [0.3, 0.4) is 0 Å². The van der Waals surface area contributed by atoms with Crippen LogP contribution in [0, 0.1) is 5.41 Å². The van der Waals surface area contributed by atoms with Crippen LogP contribution in [0.25, 0.3) is 11.3 Å². The summed E-state index contributed by atoms with van der Waals surface area (Å²) in [5.74, 6) is 0.217. The first-order valence-corrected chi connectivity index (χ1v) is 10.5. The molecule has 5 rings (SSSR count). The number of azo groups is 1. The van der Waals surface area contributed by atoms with Crippen molar-refractivity contribution in [2.75, 3.05) is 0 Å². The van der Waals surface area contributed by atoms with Gasteiger partial charge < -0.3 is 5.32 Å². The smallest absolute Gasteiger partial charge is 0.164 e. The molecule has 0 saturated heterocycles. The number of hydrogen-bond donors (Lipinski definition) is 1. The Labute approximate surface area is 176 Å². The SMILES string of the molecule is CC[C@]1(c2cccc(-c3ccncn3)c2)C2=CN=NC2NC2=C1C(=O)CC(C)(C)C2. The molecule has 2 atom stereocenters. The quantitative estimate of drug-likeness (QED) is 0.810. The van der Waals surface area contributed by atoms with Gasteiger partial charge >= 0.3 is 0 Å². The zero-order chi connectivity index (χ0) is 20.9. The highest BCUT2D eigenvalue weighted by Gasteiger charge is 2.52. The Morgan fingerprint density at radius 1 is 1.20 bits per heavy atom. The molecular weight excluding hydrogens is 374 g/mol. The van der Waals surface area contributed by atoms with Crippen molar-refractivity contribution in [2.45, 2.75) is 51.6 Å². The van der Waals surface area contributed by atoms with Gasteiger partial charge in [-0.1, -0.05) is 39.0 Å². The van der Waals surface area contributed by atoms with Crippen molar-refractivity contribution in [1.29, 1.82) is 0 Å². The highest BCUT2D eigenvalue weighted by molar-refractivity contribution is 6.01. The van der Waals surface area contributed by atoms with E-state index in [0.29, 0.717) is 6.42 Å². The van der Waals surface area contributed by atoms with E-state index >= 15 is 0 Å². The lowest BCUT2D eigenvalue weighted by molar-refractivity contribution is -0.119. The second-order valence-electron chi connectivity index (χ2n) is 9.09. The largest absolute Gasteiger partial charge is 0.362 e. The van der Waals surface area contributed by atoms with Gasteiger partial charge in [0.05, 0.1) is 17.3 Å². The fraction of sp³-hybridized carbons (Fsp3) is 0.375. The van der Waals surface area contributed by atoms with Crippen molar-refractivity contribution in [2.24, 2.45) is 15.6 Å². The molecule has 152 valence electrons. The molecule has 1 aliphatic carbocycles. The molecule has 0 saturated carbocycles. The number of benzene rings is 1. The molecule has 6 nitrogen and oxygen atoms in total. The van der Waals surface area contributed by atoms with Gasteiger partial charge in [0.2, 0.25) is 0 Å². The van der Waals surface area contributed by atoms with Crippen molar-refractivity contribution in [3.63, 3.8) is 0 Å². The summed E-state index contributed by atoms with van der Waals surface area (Å²) >= 11 is 0. The average molecular weight is 399 g/mol. The number of ketones is 1. The Balaban J connectivity index is 1.74. The van der Waals surface area contributed by atoms with Gasteiger partial charge in [-0.3, -0.25) is 4.79 Å². The number of Topliss-reactive ketones (excluding diaryl/α,β-unsaturated/α-hetero) is 1. The van der Waals surface area contributed by atoms with Gasteiger partial charge in [-0.15, -0.1) is 0 Å². The molecule has 1 N–H and O–H groups in total. The van der Waals surface area contributed by atoms with Gasteiger partial charge in [0.25, 0.3) is 0 Å². The minimum Gasteiger partial charge on any atom is -0.362 e. The first kappa shape index (κ1) is 18.9. The maximum absolute atomic E-state index is 13.5. The Hall–Kier alpha value is -3.15. The molecule has 0 amide bonds. The van der Waals surface area contributed by atoms with Crippen LogP contribution in [0.5, 0.6) is 0 Å². The number of nitrogens with zero attached hydrogens (tertiary/aromatic N) is 4. The van der Waals surface area contributed by atoms with E-state index in [2.05, 4.69) is 58.4 Å². The zero-order valence-electron chi connectivity index (χ0n) is 17.5. The zero-order valence-corrected chi connectivity index (χ0v) is 17.5. The Morgan fingerprint density at radius 2 is 2.07 bits per heavy atom. The van der Waals surface area contributed by atoms with Gasteiger partial charge in [-0.25, -0.2) is 9.97 Å². The van der Waals surface area contributed by atoms with E-state index in [1.165, 1.54) is 0 Å². The third-order valence-electron chi connectivity index (χ3n) is 6.54. The Bertz CT molecular complexity index is 1120. The van der Waals surface area contributed by atoms with Gasteiger partial charge in [0, 0.05) is 35.0 Å². The lowest BCUT2D eigenvalue weighted by Crippen LogP contribution is -2.51. The van der Waals surface area contributed by atoms with Gasteiger partial charge in [0.1, 0.15) is 6.33 Å². The lowest BCUT2D eigenvalue weighted by atomic mass is 9.58. The van der Waals surface area contributed by atoms with E-state index < -0.39 is 5.41 Å². The first-order chi connectivity index (χ1) is 14.4. The molecule has 3 aliphatic rings. The van der Waals surface area contributed by atoms with Crippen LogP contribution in [0.15, 0.2) is 76.1 Å². The summed E-state index contributed by atoms with van der Waals surface area (Å²) in [6.45, 7) is 6.46. The van der Waals surface area contributed by atoms with Crippen LogP contribution in [0.1, 0.15) is 45.6 Å². The molecule has 1 aromatic carbocycles. The maximum atomic E-state index is 13.5. The number of aromatic nitrogens is 2. The summed E-state index contributed by atoms with van der Waals surface area (Å²) in [6, 6.07) is 10.3. The van der Waals surface area contributed by atoms with Crippen molar-refractivity contribution in [1.82, 2.24) is 15.3 Å². The number of allylic oxidation sites excluding steroid dienone is 2. The molecule has 2 aromatic rings. The predicted molar refractivity (Wildman–Crippen MR) is 114 cm³/mol. The lowest BCUT2D eigenvalue weighted by Gasteiger charge is -2.47. The van der Waals surface area contributed by atoms with Crippen LogP contribution >= 0.6 is 0 Å². The van der Waals surface area contributed by atoms with E-state index in [1.54, 1.807) is 12.5 Å². The molecule has 2 aliphatic heterocycles. The van der Waals surface area contributed by atoms with Crippen LogP contribution in [-0.4, -0.2) is 21.9 Å². The summed E-state index contributed by atoms with van der Waals surface area (Å²) < 4.78 is 0. The van der Waals surface area contributed by atoms with E-state index in [1.807, 2.05) is 24.4 Å². The minimum absolute atomic E-state index is 0.0673. The fourth-order valence-electron chi connectivity index (χ4n) is 5.30. The third kappa shape index (κ3) is 2.74. The average Bonchev–Trinajstić information content (AvgIpc) is 3.21. The predicted octanol–water partition coefficient (Wildman–Crippen LogP) is 4.71. The third-order valence-corrected chi connectivity index (χ3v) is 6.54. The van der Waals surface area contributed by atoms with Gasteiger partial charge in [-0.2, -0.15) is 10.2 Å². The minimum atomic E-state index is -0.536. The van der Waals surface area contributed by atoms with Crippen LogP contribution in [-0.2, 0) is 10.2 Å². The molecule has 0 bridgehead atoms. The maximum Gasteiger partial charge on any atom is 0.164 e. The topological polar surface area (TPSA) is 79.6 Å². The molecule has 6 heteroatoms. The fourth-order valence-corrected chi connectivity index (χ4v) is 5.30. The second kappa shape index (κ2) is 6.69. The van der Waals surface area contributed by atoms with Crippen molar-refractivity contribution in [3.8, 4) is 11.3 Å². The summed E-state index contributed by atoms with van der Waals surface area (Å²) in [4.78, 5) is 22.0. The summed E-state index contributed by atoms with van der Waals surface area (Å²) in [5.41, 5.74) is 5.32. The van der Waals surface area contributed by atoms with Crippen molar-refractivity contribution < 1.29 is 4.79 Å². The Kier molecular flexibility index (Phi) is 4.20. The first-order valence-electron chi connectivity index (χ1n) is 10.5. The number of rotatable bonds is 3. The van der Waals surface area contributed by atoms with Gasteiger partial charge in [0.15, 0.2) is 11.9 Å². The summed E-state index contributed by atoms with van der Waals surface area (Å²) in [7, 11) is 0. The van der Waals surface area contributed by atoms with Crippen molar-refractivity contribution >= 4 is 5.78 Å². The van der Waals surface area contributed by atoms with E-state index in [-0.39, 0.29) is 17.4 Å². The molecule has 1 unspecified atom stereocenters. The molecule has 0 fully saturated rings. The second-order valence-corrected chi connectivity index (χ2v) is 9.09. The van der Waals surface area contributed by atoms with Crippen LogP contribution in [0.2, 0.25) is 0 Å².